The van der Waals surface area contributed by atoms with Crippen LogP contribution in [0.3, 0.4) is 0 Å². The minimum Gasteiger partial charge on any atom is -0.388 e. The number of nitrogens with zero attached hydrogens (tertiary/aromatic N) is 1. The van der Waals surface area contributed by atoms with E-state index in [1.165, 1.54) is 0 Å². The summed E-state index contributed by atoms with van der Waals surface area (Å²) in [7, 11) is 0. The molecule has 0 amide bonds. The second kappa shape index (κ2) is 5.77. The van der Waals surface area contributed by atoms with Crippen LogP contribution < -0.4 is 5.32 Å². The number of pyridine rings is 1. The predicted octanol–water partition coefficient (Wildman–Crippen LogP) is 3.31. The van der Waals surface area contributed by atoms with Crippen LogP contribution in [0, 0.1) is 5.92 Å². The van der Waals surface area contributed by atoms with Crippen molar-refractivity contribution in [3.63, 3.8) is 0 Å². The van der Waals surface area contributed by atoms with Crippen molar-refractivity contribution in [1.29, 1.82) is 0 Å². The lowest BCUT2D eigenvalue weighted by molar-refractivity contribution is -0.137. The van der Waals surface area contributed by atoms with Gasteiger partial charge in [0.2, 0.25) is 0 Å². The number of aromatic nitrogens is 1. The normalized spacial score (nSPS) is 15.4. The Labute approximate surface area is 110 Å². The fourth-order valence-electron chi connectivity index (χ4n) is 1.94. The zero-order valence-electron chi connectivity index (χ0n) is 11.3. The Morgan fingerprint density at radius 2 is 2.00 bits per heavy atom. The summed E-state index contributed by atoms with van der Waals surface area (Å²) in [5, 5.41) is 12.8. The summed E-state index contributed by atoms with van der Waals surface area (Å²) >= 11 is 0. The van der Waals surface area contributed by atoms with Gasteiger partial charge in [0.05, 0.1) is 11.2 Å². The summed E-state index contributed by atoms with van der Waals surface area (Å²) in [5.41, 5.74) is -1.74. The van der Waals surface area contributed by atoms with Crippen molar-refractivity contribution < 1.29 is 18.3 Å². The highest BCUT2D eigenvalue weighted by Crippen LogP contribution is 2.30. The predicted molar refractivity (Wildman–Crippen MR) is 67.8 cm³/mol. The zero-order chi connectivity index (χ0) is 14.7. The molecular weight excluding hydrogens is 257 g/mol. The molecule has 1 unspecified atom stereocenters. The molecule has 6 heteroatoms. The van der Waals surface area contributed by atoms with Crippen molar-refractivity contribution in [2.75, 3.05) is 11.9 Å². The zero-order valence-corrected chi connectivity index (χ0v) is 11.3. The number of nitrogens with one attached hydrogen (secondary N) is 1. The SMILES string of the molecule is CC(C)CC(C)(O)CNc1cc(C(F)(F)F)ccn1. The average molecular weight is 276 g/mol. The van der Waals surface area contributed by atoms with Crippen molar-refractivity contribution in [2.24, 2.45) is 5.92 Å². The van der Waals surface area contributed by atoms with Crippen molar-refractivity contribution in [1.82, 2.24) is 4.98 Å². The topological polar surface area (TPSA) is 45.1 Å². The average Bonchev–Trinajstić information content (AvgIpc) is 2.24. The molecule has 1 heterocycles. The fourth-order valence-corrected chi connectivity index (χ4v) is 1.94. The molecule has 0 aliphatic rings. The number of rotatable bonds is 5. The van der Waals surface area contributed by atoms with Crippen molar-refractivity contribution in [3.8, 4) is 0 Å². The second-order valence-electron chi connectivity index (χ2n) is 5.38. The van der Waals surface area contributed by atoms with Gasteiger partial charge in [-0.25, -0.2) is 4.98 Å². The molecule has 1 rings (SSSR count). The Kier molecular flexibility index (Phi) is 4.79. The first-order chi connectivity index (χ1) is 8.60. The summed E-state index contributed by atoms with van der Waals surface area (Å²) in [6, 6.07) is 1.85. The number of halogens is 3. The minimum absolute atomic E-state index is 0.110. The van der Waals surface area contributed by atoms with Gasteiger partial charge in [0, 0.05) is 12.7 Å². The maximum absolute atomic E-state index is 12.5. The van der Waals surface area contributed by atoms with Crippen LogP contribution in [0.2, 0.25) is 0 Å². The molecule has 108 valence electrons. The summed E-state index contributed by atoms with van der Waals surface area (Å²) in [4.78, 5) is 3.81. The van der Waals surface area contributed by atoms with E-state index in [2.05, 4.69) is 10.3 Å². The van der Waals surface area contributed by atoms with Gasteiger partial charge in [0.25, 0.3) is 0 Å². The van der Waals surface area contributed by atoms with Gasteiger partial charge in [-0.1, -0.05) is 13.8 Å². The third kappa shape index (κ3) is 5.46. The first-order valence-electron chi connectivity index (χ1n) is 6.10. The molecule has 0 aromatic carbocycles. The van der Waals surface area contributed by atoms with Crippen molar-refractivity contribution in [3.05, 3.63) is 23.9 Å². The van der Waals surface area contributed by atoms with E-state index in [-0.39, 0.29) is 12.4 Å². The first-order valence-corrected chi connectivity index (χ1v) is 6.10. The van der Waals surface area contributed by atoms with Gasteiger partial charge in [-0.05, 0) is 31.4 Å². The molecule has 0 aliphatic heterocycles. The highest BCUT2D eigenvalue weighted by molar-refractivity contribution is 5.38. The molecule has 0 saturated carbocycles. The van der Waals surface area contributed by atoms with Crippen molar-refractivity contribution >= 4 is 5.82 Å². The molecule has 0 radical (unpaired) electrons. The number of alkyl halides is 3. The lowest BCUT2D eigenvalue weighted by Gasteiger charge is -2.25. The number of hydrogen-bond acceptors (Lipinski definition) is 3. The van der Waals surface area contributed by atoms with Gasteiger partial charge < -0.3 is 10.4 Å². The molecule has 1 atom stereocenters. The van der Waals surface area contributed by atoms with Crippen LogP contribution in [0.4, 0.5) is 19.0 Å². The smallest absolute Gasteiger partial charge is 0.388 e. The van der Waals surface area contributed by atoms with Gasteiger partial charge in [-0.3, -0.25) is 0 Å². The maximum atomic E-state index is 12.5. The Morgan fingerprint density at radius 1 is 1.37 bits per heavy atom. The Morgan fingerprint density at radius 3 is 2.53 bits per heavy atom. The highest BCUT2D eigenvalue weighted by Gasteiger charge is 2.31. The standard InChI is InChI=1S/C13H19F3N2O/c1-9(2)7-12(3,19)8-18-11-6-10(4-5-17-11)13(14,15)16/h4-6,9,19H,7-8H2,1-3H3,(H,17,18). The van der Waals surface area contributed by atoms with Crippen LogP contribution in [-0.2, 0) is 6.18 Å². The van der Waals surface area contributed by atoms with Crippen LogP contribution >= 0.6 is 0 Å². The summed E-state index contributed by atoms with van der Waals surface area (Å²) < 4.78 is 37.5. The molecule has 1 aromatic rings. The van der Waals surface area contributed by atoms with Gasteiger partial charge in [-0.2, -0.15) is 13.2 Å². The first kappa shape index (κ1) is 15.8. The Hall–Kier alpha value is -1.30. The quantitative estimate of drug-likeness (QED) is 0.867. The lowest BCUT2D eigenvalue weighted by Crippen LogP contribution is -2.35. The van der Waals surface area contributed by atoms with Crippen LogP contribution in [0.1, 0.15) is 32.8 Å². The molecule has 0 aliphatic carbocycles. The van der Waals surface area contributed by atoms with Gasteiger partial charge in [0.1, 0.15) is 5.82 Å². The summed E-state index contributed by atoms with van der Waals surface area (Å²) in [6.45, 7) is 5.74. The van der Waals surface area contributed by atoms with E-state index in [1.807, 2.05) is 13.8 Å². The fraction of sp³-hybridized carbons (Fsp3) is 0.615. The number of aliphatic hydroxyl groups is 1. The summed E-state index contributed by atoms with van der Waals surface area (Å²) in [5.74, 6) is 0.408. The molecule has 0 bridgehead atoms. The lowest BCUT2D eigenvalue weighted by atomic mass is 9.94. The maximum Gasteiger partial charge on any atom is 0.416 e. The Bertz CT molecular complexity index is 417. The van der Waals surface area contributed by atoms with Gasteiger partial charge in [-0.15, -0.1) is 0 Å². The second-order valence-corrected chi connectivity index (χ2v) is 5.38. The van der Waals surface area contributed by atoms with Gasteiger partial charge in [0.15, 0.2) is 0 Å². The van der Waals surface area contributed by atoms with Gasteiger partial charge >= 0.3 is 6.18 Å². The molecule has 0 fully saturated rings. The monoisotopic (exact) mass is 276 g/mol. The number of anilines is 1. The molecule has 3 nitrogen and oxygen atoms in total. The highest BCUT2D eigenvalue weighted by atomic mass is 19.4. The molecule has 0 saturated heterocycles. The Balaban J connectivity index is 2.68. The third-order valence-corrected chi connectivity index (χ3v) is 2.59. The number of hydrogen-bond donors (Lipinski definition) is 2. The minimum atomic E-state index is -4.39. The van der Waals surface area contributed by atoms with E-state index in [4.69, 9.17) is 0 Å². The molecule has 2 N–H and O–H groups in total. The van der Waals surface area contributed by atoms with E-state index >= 15 is 0 Å². The summed E-state index contributed by atoms with van der Waals surface area (Å²) in [6.07, 6.45) is -2.74. The van der Waals surface area contributed by atoms with Crippen LogP contribution in [0.5, 0.6) is 0 Å². The van der Waals surface area contributed by atoms with Crippen LogP contribution in [0.25, 0.3) is 0 Å². The molecule has 19 heavy (non-hydrogen) atoms. The van der Waals surface area contributed by atoms with E-state index in [0.29, 0.717) is 12.3 Å². The van der Waals surface area contributed by atoms with E-state index in [0.717, 1.165) is 18.3 Å². The van der Waals surface area contributed by atoms with Crippen molar-refractivity contribution in [2.45, 2.75) is 39.0 Å². The van der Waals surface area contributed by atoms with Crippen LogP contribution in [-0.4, -0.2) is 22.2 Å². The van der Waals surface area contributed by atoms with Crippen LogP contribution in [0.15, 0.2) is 18.3 Å². The molecule has 0 spiro atoms. The largest absolute Gasteiger partial charge is 0.416 e. The van der Waals surface area contributed by atoms with E-state index in [9.17, 15) is 18.3 Å². The molecular formula is C13H19F3N2O. The van der Waals surface area contributed by atoms with E-state index < -0.39 is 17.3 Å². The molecule has 1 aromatic heterocycles. The third-order valence-electron chi connectivity index (χ3n) is 2.59. The van der Waals surface area contributed by atoms with E-state index in [1.54, 1.807) is 6.92 Å².